The molecule has 2 unspecified atom stereocenters. The van der Waals surface area contributed by atoms with Gasteiger partial charge >= 0.3 is 41.6 Å². The second-order valence-electron chi connectivity index (χ2n) is 7.61. The number of ether oxygens (including phenoxy) is 2. The molecule has 0 bridgehead atoms. The van der Waals surface area contributed by atoms with E-state index in [-0.39, 0.29) is 11.1 Å². The van der Waals surface area contributed by atoms with Crippen molar-refractivity contribution in [3.05, 3.63) is 24.3 Å². The average molecular weight is 536 g/mol. The van der Waals surface area contributed by atoms with Gasteiger partial charge < -0.3 is 19.7 Å². The highest BCUT2D eigenvalue weighted by Crippen LogP contribution is 2.58. The number of esters is 2. The highest BCUT2D eigenvalue weighted by atomic mass is 19.4. The number of hydrogen-bond acceptors (Lipinski definition) is 6. The van der Waals surface area contributed by atoms with E-state index in [1.54, 1.807) is 0 Å². The van der Waals surface area contributed by atoms with Crippen LogP contribution in [0.4, 0.5) is 43.9 Å². The first kappa shape index (κ1) is 32.6. The molecule has 0 radical (unpaired) electrons. The molecule has 0 aromatic carbocycles. The van der Waals surface area contributed by atoms with Crippen LogP contribution in [-0.2, 0) is 19.1 Å². The van der Waals surface area contributed by atoms with Crippen molar-refractivity contribution in [2.24, 2.45) is 0 Å². The van der Waals surface area contributed by atoms with Crippen molar-refractivity contribution >= 4 is 11.9 Å². The first-order chi connectivity index (χ1) is 15.4. The number of rotatable bonds is 14. The number of aliphatic hydroxyl groups is 2. The number of halogens is 10. The lowest BCUT2D eigenvalue weighted by atomic mass is 9.90. The lowest BCUT2D eigenvalue weighted by Crippen LogP contribution is -2.68. The minimum atomic E-state index is -7.44. The zero-order chi connectivity index (χ0) is 28.2. The van der Waals surface area contributed by atoms with Gasteiger partial charge in [-0.3, -0.25) is 0 Å². The van der Waals surface area contributed by atoms with Crippen molar-refractivity contribution in [2.45, 2.75) is 68.5 Å². The van der Waals surface area contributed by atoms with Crippen LogP contribution in [0.15, 0.2) is 24.3 Å². The molecule has 35 heavy (non-hydrogen) atoms. The highest BCUT2D eigenvalue weighted by molar-refractivity contribution is 5.87. The van der Waals surface area contributed by atoms with E-state index in [0.717, 1.165) is 13.8 Å². The number of aliphatic hydroxyl groups excluding tert-OH is 2. The normalized spacial score (nSPS) is 15.3. The molecule has 0 saturated heterocycles. The zero-order valence-electron chi connectivity index (χ0n) is 18.2. The van der Waals surface area contributed by atoms with E-state index in [1.807, 2.05) is 0 Å². The molecule has 6 nitrogen and oxygen atoms in total. The molecular formula is C19H22F10O6. The number of hydrogen-bond donors (Lipinski definition) is 2. The highest BCUT2D eigenvalue weighted by Gasteiger charge is 2.85. The quantitative estimate of drug-likeness (QED) is 0.199. The van der Waals surface area contributed by atoms with E-state index in [4.69, 9.17) is 0 Å². The minimum Gasteiger partial charge on any atom is -0.460 e. The summed E-state index contributed by atoms with van der Waals surface area (Å²) in [4.78, 5) is 22.2. The average Bonchev–Trinajstić information content (AvgIpc) is 2.68. The topological polar surface area (TPSA) is 93.1 Å². The molecule has 0 spiro atoms. The van der Waals surface area contributed by atoms with E-state index < -0.39 is 79.8 Å². The molecule has 0 amide bonds. The smallest absolute Gasteiger partial charge is 0.384 e. The van der Waals surface area contributed by atoms with Crippen LogP contribution in [0.25, 0.3) is 0 Å². The monoisotopic (exact) mass is 536 g/mol. The maximum Gasteiger partial charge on any atom is 0.384 e. The SMILES string of the molecule is C=C(C)C(=O)OCC(O)CC(F)(F)C(F)(F)C(F)(F)C(F)(F)C(F)(F)CC(O)COC(=O)C(=C)C. The first-order valence-electron chi connectivity index (χ1n) is 9.35. The van der Waals surface area contributed by atoms with Gasteiger partial charge in [0.1, 0.15) is 13.2 Å². The van der Waals surface area contributed by atoms with Gasteiger partial charge in [0.05, 0.1) is 12.2 Å². The van der Waals surface area contributed by atoms with Gasteiger partial charge in [0, 0.05) is 24.0 Å². The van der Waals surface area contributed by atoms with E-state index >= 15 is 0 Å². The summed E-state index contributed by atoms with van der Waals surface area (Å²) in [6.07, 6.45) is -11.0. The molecule has 16 heteroatoms. The molecule has 0 rings (SSSR count). The third-order valence-electron chi connectivity index (χ3n) is 4.20. The summed E-state index contributed by atoms with van der Waals surface area (Å²) in [5, 5.41) is 18.6. The molecule has 0 aliphatic rings. The van der Waals surface area contributed by atoms with E-state index in [9.17, 15) is 63.7 Å². The minimum absolute atomic E-state index is 0.334. The maximum atomic E-state index is 13.9. The van der Waals surface area contributed by atoms with Gasteiger partial charge in [0.2, 0.25) is 0 Å². The number of carbonyl (C=O) groups is 2. The van der Waals surface area contributed by atoms with Gasteiger partial charge in [-0.05, 0) is 13.8 Å². The van der Waals surface area contributed by atoms with Crippen molar-refractivity contribution < 1.29 is 73.2 Å². The molecule has 0 saturated carbocycles. The summed E-state index contributed by atoms with van der Waals surface area (Å²) in [5.74, 6) is -36.8. The fraction of sp³-hybridized carbons (Fsp3) is 0.684. The third-order valence-corrected chi connectivity index (χ3v) is 4.20. The molecule has 0 aliphatic carbocycles. The largest absolute Gasteiger partial charge is 0.460 e. The Bertz CT molecular complexity index is 748. The molecule has 2 atom stereocenters. The Hall–Kier alpha value is -2.36. The standard InChI is InChI=1S/C19H22F10O6/c1-9(2)13(32)34-7-11(30)5-15(20,21)17(24,25)19(28,29)18(26,27)16(22,23)6-12(31)8-35-14(33)10(3)4/h11-12,30-31H,1,3,5-8H2,2,4H3. The van der Waals surface area contributed by atoms with Crippen LogP contribution >= 0.6 is 0 Å². The molecular weight excluding hydrogens is 514 g/mol. The fourth-order valence-corrected chi connectivity index (χ4v) is 2.21. The number of carbonyl (C=O) groups excluding carboxylic acids is 2. The molecule has 204 valence electrons. The second-order valence-corrected chi connectivity index (χ2v) is 7.61. The predicted molar refractivity (Wildman–Crippen MR) is 97.5 cm³/mol. The molecule has 0 fully saturated rings. The lowest BCUT2D eigenvalue weighted by Gasteiger charge is -2.40. The zero-order valence-corrected chi connectivity index (χ0v) is 18.2. The Kier molecular flexibility index (Phi) is 10.4. The van der Waals surface area contributed by atoms with E-state index in [0.29, 0.717) is 0 Å². The van der Waals surface area contributed by atoms with Crippen molar-refractivity contribution in [3.63, 3.8) is 0 Å². The molecule has 2 N–H and O–H groups in total. The van der Waals surface area contributed by atoms with Crippen molar-refractivity contribution in [1.29, 1.82) is 0 Å². The lowest BCUT2D eigenvalue weighted by molar-refractivity contribution is -0.405. The van der Waals surface area contributed by atoms with Crippen LogP contribution in [0, 0.1) is 0 Å². The Morgan fingerprint density at radius 2 is 0.914 bits per heavy atom. The Morgan fingerprint density at radius 3 is 1.14 bits per heavy atom. The van der Waals surface area contributed by atoms with Gasteiger partial charge in [0.15, 0.2) is 0 Å². The van der Waals surface area contributed by atoms with E-state index in [1.165, 1.54) is 0 Å². The summed E-state index contributed by atoms with van der Waals surface area (Å²) in [6, 6.07) is 0. The van der Waals surface area contributed by atoms with Crippen LogP contribution in [0.2, 0.25) is 0 Å². The van der Waals surface area contributed by atoms with Crippen molar-refractivity contribution in [2.75, 3.05) is 13.2 Å². The van der Waals surface area contributed by atoms with Crippen molar-refractivity contribution in [1.82, 2.24) is 0 Å². The molecule has 0 heterocycles. The summed E-state index contributed by atoms with van der Waals surface area (Å²) < 4.78 is 147. The van der Waals surface area contributed by atoms with Crippen LogP contribution in [0.5, 0.6) is 0 Å². The molecule has 0 aromatic rings. The summed E-state index contributed by atoms with van der Waals surface area (Å²) >= 11 is 0. The number of alkyl halides is 10. The molecule has 0 aliphatic heterocycles. The van der Waals surface area contributed by atoms with Crippen LogP contribution in [0.3, 0.4) is 0 Å². The van der Waals surface area contributed by atoms with Crippen LogP contribution < -0.4 is 0 Å². The summed E-state index contributed by atoms with van der Waals surface area (Å²) in [5.41, 5.74) is -0.668. The summed E-state index contributed by atoms with van der Waals surface area (Å²) in [6.45, 7) is 5.29. The van der Waals surface area contributed by atoms with Crippen LogP contribution in [-0.4, -0.2) is 77.2 Å². The molecule has 0 aromatic heterocycles. The van der Waals surface area contributed by atoms with E-state index in [2.05, 4.69) is 22.6 Å². The van der Waals surface area contributed by atoms with Gasteiger partial charge in [-0.2, -0.15) is 43.9 Å². The van der Waals surface area contributed by atoms with Crippen molar-refractivity contribution in [3.8, 4) is 0 Å². The summed E-state index contributed by atoms with van der Waals surface area (Å²) in [7, 11) is 0. The third kappa shape index (κ3) is 7.32. The Labute approximate surface area is 192 Å². The Balaban J connectivity index is 5.68. The van der Waals surface area contributed by atoms with Gasteiger partial charge in [0.25, 0.3) is 0 Å². The van der Waals surface area contributed by atoms with Crippen LogP contribution in [0.1, 0.15) is 26.7 Å². The first-order valence-corrected chi connectivity index (χ1v) is 9.35. The van der Waals surface area contributed by atoms with Gasteiger partial charge in [-0.15, -0.1) is 0 Å². The van der Waals surface area contributed by atoms with Gasteiger partial charge in [-0.25, -0.2) is 9.59 Å². The predicted octanol–water partition coefficient (Wildman–Crippen LogP) is 3.90. The van der Waals surface area contributed by atoms with Gasteiger partial charge in [-0.1, -0.05) is 13.2 Å². The second kappa shape index (κ2) is 11.1. The fourth-order valence-electron chi connectivity index (χ4n) is 2.21. The Morgan fingerprint density at radius 1 is 0.657 bits per heavy atom. The maximum absolute atomic E-state index is 13.9.